The molecule has 1 aromatic rings. The second kappa shape index (κ2) is 7.30. The summed E-state index contributed by atoms with van der Waals surface area (Å²) in [5, 5.41) is 3.39. The molecule has 4 heterocycles. The molecule has 7 heteroatoms. The fraction of sp³-hybridized carbons (Fsp3) is 0.278. The summed E-state index contributed by atoms with van der Waals surface area (Å²) in [5.74, 6) is 13.9. The van der Waals surface area contributed by atoms with Gasteiger partial charge in [-0.2, -0.15) is 10.8 Å². The van der Waals surface area contributed by atoms with E-state index >= 15 is 0 Å². The summed E-state index contributed by atoms with van der Waals surface area (Å²) in [5.41, 5.74) is 2.81. The van der Waals surface area contributed by atoms with Gasteiger partial charge in [-0.1, -0.05) is 5.92 Å². The average molecular weight is 356 g/mol. The molecule has 3 N–H and O–H groups in total. The fourth-order valence-electron chi connectivity index (χ4n) is 3.21. The van der Waals surface area contributed by atoms with Crippen LogP contribution in [0, 0.1) is 17.8 Å². The van der Waals surface area contributed by atoms with E-state index in [9.17, 15) is 0 Å². The van der Waals surface area contributed by atoms with Crippen LogP contribution in [0.1, 0.15) is 18.4 Å². The van der Waals surface area contributed by atoms with Crippen LogP contribution in [0.4, 0.5) is 0 Å². The van der Waals surface area contributed by atoms with Crippen LogP contribution >= 0.6 is 12.4 Å². The average Bonchev–Trinajstić information content (AvgIpc) is 2.94. The van der Waals surface area contributed by atoms with Crippen molar-refractivity contribution in [1.82, 2.24) is 10.3 Å². The van der Waals surface area contributed by atoms with Crippen LogP contribution < -0.4 is 11.2 Å². The summed E-state index contributed by atoms with van der Waals surface area (Å²) < 4.78 is 0.00994. The zero-order valence-electron chi connectivity index (χ0n) is 13.7. The lowest BCUT2D eigenvalue weighted by atomic mass is 9.93. The summed E-state index contributed by atoms with van der Waals surface area (Å²) in [6.45, 7) is 2.01. The van der Waals surface area contributed by atoms with Crippen molar-refractivity contribution in [2.24, 2.45) is 21.7 Å². The number of hydrogen-bond acceptors (Lipinski definition) is 5. The van der Waals surface area contributed by atoms with Gasteiger partial charge in [0.25, 0.3) is 0 Å². The Morgan fingerprint density at radius 1 is 1.24 bits per heavy atom. The van der Waals surface area contributed by atoms with E-state index in [2.05, 4.69) is 27.1 Å². The number of quaternary nitrogens is 1. The topological polar surface area (TPSA) is 75.7 Å². The highest BCUT2D eigenvalue weighted by Crippen LogP contribution is 2.35. The lowest BCUT2D eigenvalue weighted by molar-refractivity contribution is -0.749. The lowest BCUT2D eigenvalue weighted by Gasteiger charge is -2.25. The van der Waals surface area contributed by atoms with Crippen LogP contribution in [0.15, 0.2) is 58.3 Å². The molecule has 1 atom stereocenters. The van der Waals surface area contributed by atoms with Gasteiger partial charge in [-0.25, -0.2) is 0 Å². The molecule has 25 heavy (non-hydrogen) atoms. The van der Waals surface area contributed by atoms with E-state index in [1.54, 1.807) is 18.6 Å². The minimum atomic E-state index is 0. The number of nitrogens with one attached hydrogen (secondary N) is 1. The fourth-order valence-corrected chi connectivity index (χ4v) is 3.21. The third-order valence-electron chi connectivity index (χ3n) is 4.53. The van der Waals surface area contributed by atoms with Crippen LogP contribution in [-0.4, -0.2) is 34.7 Å². The van der Waals surface area contributed by atoms with E-state index in [-0.39, 0.29) is 17.0 Å². The van der Waals surface area contributed by atoms with Crippen LogP contribution in [-0.2, 0) is 0 Å². The van der Waals surface area contributed by atoms with Gasteiger partial charge in [0, 0.05) is 29.8 Å². The Morgan fingerprint density at radius 3 is 2.84 bits per heavy atom. The monoisotopic (exact) mass is 355 g/mol. The summed E-state index contributed by atoms with van der Waals surface area (Å²) >= 11 is 0. The van der Waals surface area contributed by atoms with Gasteiger partial charge < -0.3 is 5.32 Å². The third-order valence-corrected chi connectivity index (χ3v) is 4.53. The minimum absolute atomic E-state index is 0. The first kappa shape index (κ1) is 17.5. The highest BCUT2D eigenvalue weighted by molar-refractivity contribution is 6.00. The number of hydrogen-bond donors (Lipinski definition) is 2. The third kappa shape index (κ3) is 3.28. The number of rotatable bonds is 1. The van der Waals surface area contributed by atoms with E-state index in [0.29, 0.717) is 11.8 Å². The lowest BCUT2D eigenvalue weighted by Crippen LogP contribution is -2.52. The van der Waals surface area contributed by atoms with Gasteiger partial charge in [-0.15, -0.1) is 17.0 Å². The second-order valence-corrected chi connectivity index (χ2v) is 6.08. The Labute approximate surface area is 153 Å². The molecule has 1 saturated heterocycles. The van der Waals surface area contributed by atoms with Crippen molar-refractivity contribution in [3.05, 3.63) is 53.9 Å². The highest BCUT2D eigenvalue weighted by atomic mass is 35.5. The van der Waals surface area contributed by atoms with Crippen molar-refractivity contribution < 1.29 is 4.59 Å². The van der Waals surface area contributed by atoms with Crippen molar-refractivity contribution in [3.8, 4) is 11.8 Å². The van der Waals surface area contributed by atoms with Gasteiger partial charge in [0.2, 0.25) is 5.70 Å². The first-order chi connectivity index (χ1) is 11.8. The molecule has 1 unspecified atom stereocenters. The van der Waals surface area contributed by atoms with E-state index in [1.165, 1.54) is 0 Å². The van der Waals surface area contributed by atoms with E-state index in [1.807, 2.05) is 24.5 Å². The maximum atomic E-state index is 6.61. The second-order valence-electron chi connectivity index (χ2n) is 6.08. The Balaban J connectivity index is 0.00000182. The van der Waals surface area contributed by atoms with Crippen molar-refractivity contribution in [1.29, 1.82) is 0 Å². The van der Waals surface area contributed by atoms with Gasteiger partial charge in [-0.05, 0) is 38.1 Å². The molecule has 0 spiro atoms. The summed E-state index contributed by atoms with van der Waals surface area (Å²) in [7, 11) is 0. The largest absolute Gasteiger partial charge is 0.317 e. The Hall–Kier alpha value is -2.30. The predicted molar refractivity (Wildman–Crippen MR) is 100 cm³/mol. The molecule has 4 rings (SSSR count). The number of nitrogens with two attached hydrogens (primary N) is 1. The van der Waals surface area contributed by atoms with Crippen LogP contribution in [0.2, 0.25) is 0 Å². The molecule has 128 valence electrons. The number of piperidine rings is 1. The van der Waals surface area contributed by atoms with Crippen molar-refractivity contribution >= 4 is 24.5 Å². The van der Waals surface area contributed by atoms with Crippen molar-refractivity contribution in [2.45, 2.75) is 12.8 Å². The first-order valence-electron chi connectivity index (χ1n) is 8.12. The molecule has 0 radical (unpaired) electrons. The highest BCUT2D eigenvalue weighted by Gasteiger charge is 2.44. The quantitative estimate of drug-likeness (QED) is 0.457. The van der Waals surface area contributed by atoms with E-state index in [4.69, 9.17) is 10.8 Å². The SMILES string of the molecule is Cl.N[N+]12C=CN=CC1=C(C1CCNCC1)N=C2C#Cc1cccnc1. The van der Waals surface area contributed by atoms with Crippen molar-refractivity contribution in [2.75, 3.05) is 13.1 Å². The van der Waals surface area contributed by atoms with Crippen LogP contribution in [0.5, 0.6) is 0 Å². The number of fused-ring (bicyclic) bond motifs is 1. The molecular weight excluding hydrogens is 336 g/mol. The molecule has 0 bridgehead atoms. The standard InChI is InChI=1S/C18H19N6.ClH/c19-24-11-10-22-13-16(24)18(15-5-8-20-9-6-15)23-17(24)4-3-14-2-1-7-21-12-14;/h1-2,7,10-13,15,20H,5-6,8-9,19H2;1H/q+1;. The Morgan fingerprint density at radius 2 is 2.08 bits per heavy atom. The summed E-state index contributed by atoms with van der Waals surface area (Å²) in [4.78, 5) is 13.2. The Bertz CT molecular complexity index is 824. The maximum absolute atomic E-state index is 6.61. The van der Waals surface area contributed by atoms with Gasteiger partial charge >= 0.3 is 5.84 Å². The van der Waals surface area contributed by atoms with Gasteiger partial charge in [-0.3, -0.25) is 9.98 Å². The van der Waals surface area contributed by atoms with Crippen LogP contribution in [0.3, 0.4) is 0 Å². The molecule has 0 aromatic carbocycles. The van der Waals surface area contributed by atoms with Gasteiger partial charge in [0.05, 0.1) is 12.4 Å². The molecular formula is C18H20ClN6+. The van der Waals surface area contributed by atoms with E-state index < -0.39 is 0 Å². The summed E-state index contributed by atoms with van der Waals surface area (Å²) in [6.07, 6.45) is 10.9. The molecule has 6 nitrogen and oxygen atoms in total. The molecule has 0 aliphatic carbocycles. The number of amidine groups is 1. The smallest absolute Gasteiger partial charge is 0.311 e. The zero-order valence-corrected chi connectivity index (χ0v) is 14.5. The maximum Gasteiger partial charge on any atom is 0.311 e. The van der Waals surface area contributed by atoms with Gasteiger partial charge in [0.1, 0.15) is 11.9 Å². The summed E-state index contributed by atoms with van der Waals surface area (Å²) in [6, 6.07) is 3.79. The zero-order chi connectivity index (χ0) is 16.4. The number of aromatic nitrogens is 1. The molecule has 0 amide bonds. The van der Waals surface area contributed by atoms with Gasteiger partial charge in [0.15, 0.2) is 0 Å². The first-order valence-corrected chi connectivity index (χ1v) is 8.12. The minimum Gasteiger partial charge on any atom is -0.317 e. The molecule has 3 aliphatic rings. The molecule has 1 aromatic heterocycles. The number of allylic oxidation sites excluding steroid dienone is 2. The Kier molecular flexibility index (Phi) is 5.11. The number of halogens is 1. The molecule has 0 saturated carbocycles. The number of nitrogens with zero attached hydrogens (tertiary/aromatic N) is 4. The van der Waals surface area contributed by atoms with Crippen LogP contribution in [0.25, 0.3) is 0 Å². The van der Waals surface area contributed by atoms with E-state index in [0.717, 1.165) is 42.9 Å². The molecule has 3 aliphatic heterocycles. The molecule has 1 fully saturated rings. The number of aliphatic imine (C=N–C) groups is 2. The normalized spacial score (nSPS) is 24.9. The number of pyridine rings is 1. The predicted octanol–water partition coefficient (Wildman–Crippen LogP) is 1.72. The van der Waals surface area contributed by atoms with Crippen molar-refractivity contribution in [3.63, 3.8) is 0 Å².